The molecule has 1 N–H and O–H groups in total. The van der Waals surface area contributed by atoms with Crippen molar-refractivity contribution in [1.82, 2.24) is 10.3 Å². The second-order valence-electron chi connectivity index (χ2n) is 7.15. The van der Waals surface area contributed by atoms with Gasteiger partial charge in [0.15, 0.2) is 0 Å². The molecule has 2 unspecified atom stereocenters. The molecule has 0 saturated carbocycles. The molecule has 21 heavy (non-hydrogen) atoms. The third-order valence-corrected chi connectivity index (χ3v) is 4.41. The van der Waals surface area contributed by atoms with Crippen LogP contribution in [0.2, 0.25) is 0 Å². The Morgan fingerprint density at radius 3 is 2.81 bits per heavy atom. The second kappa shape index (κ2) is 7.26. The number of hydrogen-bond acceptors (Lipinski definition) is 3. The van der Waals surface area contributed by atoms with E-state index in [4.69, 9.17) is 0 Å². The van der Waals surface area contributed by atoms with E-state index in [1.165, 1.54) is 30.6 Å². The Bertz CT molecular complexity index is 456. The predicted molar refractivity (Wildman–Crippen MR) is 90.7 cm³/mol. The maximum Gasteiger partial charge on any atom is 0.0447 e. The lowest BCUT2D eigenvalue weighted by Crippen LogP contribution is -2.41. The van der Waals surface area contributed by atoms with Crippen molar-refractivity contribution >= 4 is 5.69 Å². The smallest absolute Gasteiger partial charge is 0.0447 e. The molecular weight excluding hydrogens is 258 g/mol. The van der Waals surface area contributed by atoms with E-state index < -0.39 is 0 Å². The van der Waals surface area contributed by atoms with Crippen LogP contribution in [0.1, 0.15) is 51.8 Å². The Kier molecular flexibility index (Phi) is 5.63. The number of hydrogen-bond donors (Lipinski definition) is 1. The highest BCUT2D eigenvalue weighted by Crippen LogP contribution is 2.30. The van der Waals surface area contributed by atoms with Gasteiger partial charge in [-0.1, -0.05) is 20.8 Å². The van der Waals surface area contributed by atoms with E-state index >= 15 is 0 Å². The maximum absolute atomic E-state index is 4.51. The second-order valence-corrected chi connectivity index (χ2v) is 7.15. The number of anilines is 1. The first-order chi connectivity index (χ1) is 9.97. The van der Waals surface area contributed by atoms with Crippen LogP contribution in [0.25, 0.3) is 0 Å². The van der Waals surface area contributed by atoms with E-state index in [2.05, 4.69) is 62.1 Å². The molecular formula is C18H31N3. The Morgan fingerprint density at radius 1 is 1.38 bits per heavy atom. The van der Waals surface area contributed by atoms with Crippen LogP contribution in [0.3, 0.4) is 0 Å². The summed E-state index contributed by atoms with van der Waals surface area (Å²) in [6.07, 6.45) is 4.65. The van der Waals surface area contributed by atoms with Crippen molar-refractivity contribution in [2.75, 3.05) is 18.0 Å². The van der Waals surface area contributed by atoms with Gasteiger partial charge in [0.1, 0.15) is 0 Å². The summed E-state index contributed by atoms with van der Waals surface area (Å²) in [5.41, 5.74) is 3.84. The molecule has 1 aromatic heterocycles. The number of nitrogens with zero attached hydrogens (tertiary/aromatic N) is 2. The SMILES string of the molecule is Cc1cc(N2CCC(C)CC2C)c(CNCC(C)C)cn1. The van der Waals surface area contributed by atoms with Crippen LogP contribution in [0.4, 0.5) is 5.69 Å². The summed E-state index contributed by atoms with van der Waals surface area (Å²) >= 11 is 0. The molecule has 3 nitrogen and oxygen atoms in total. The highest BCUT2D eigenvalue weighted by Gasteiger charge is 2.24. The third kappa shape index (κ3) is 4.44. The fourth-order valence-electron chi connectivity index (χ4n) is 3.24. The Balaban J connectivity index is 2.14. The standard InChI is InChI=1S/C18H31N3/c1-13(2)10-19-11-17-12-20-15(4)9-18(17)21-7-6-14(3)8-16(21)5/h9,12-14,16,19H,6-8,10-11H2,1-5H3. The minimum atomic E-state index is 0.624. The van der Waals surface area contributed by atoms with Gasteiger partial charge in [0, 0.05) is 42.3 Å². The van der Waals surface area contributed by atoms with Gasteiger partial charge in [-0.2, -0.15) is 0 Å². The van der Waals surface area contributed by atoms with E-state index in [0.717, 1.165) is 24.7 Å². The van der Waals surface area contributed by atoms with Crippen LogP contribution in [0.5, 0.6) is 0 Å². The summed E-state index contributed by atoms with van der Waals surface area (Å²) in [5, 5.41) is 3.56. The molecule has 1 aliphatic heterocycles. The Morgan fingerprint density at radius 2 is 2.14 bits per heavy atom. The van der Waals surface area contributed by atoms with Crippen molar-refractivity contribution in [2.45, 2.75) is 60.0 Å². The van der Waals surface area contributed by atoms with Crippen LogP contribution >= 0.6 is 0 Å². The molecule has 1 saturated heterocycles. The number of aryl methyl sites for hydroxylation is 1. The summed E-state index contributed by atoms with van der Waals surface area (Å²) in [6, 6.07) is 2.89. The van der Waals surface area contributed by atoms with Gasteiger partial charge >= 0.3 is 0 Å². The van der Waals surface area contributed by atoms with Gasteiger partial charge in [-0.3, -0.25) is 4.98 Å². The first-order valence-electron chi connectivity index (χ1n) is 8.40. The third-order valence-electron chi connectivity index (χ3n) is 4.41. The summed E-state index contributed by atoms with van der Waals surface area (Å²) in [7, 11) is 0. The zero-order chi connectivity index (χ0) is 15.4. The van der Waals surface area contributed by atoms with Crippen molar-refractivity contribution in [2.24, 2.45) is 11.8 Å². The van der Waals surface area contributed by atoms with Crippen LogP contribution < -0.4 is 10.2 Å². The van der Waals surface area contributed by atoms with Gasteiger partial charge < -0.3 is 10.2 Å². The molecule has 0 aromatic carbocycles. The molecule has 1 aliphatic rings. The summed E-state index contributed by atoms with van der Waals surface area (Å²) < 4.78 is 0. The lowest BCUT2D eigenvalue weighted by atomic mass is 9.92. The van der Waals surface area contributed by atoms with E-state index in [9.17, 15) is 0 Å². The minimum absolute atomic E-state index is 0.624. The predicted octanol–water partition coefficient (Wildman–Crippen LogP) is 3.76. The van der Waals surface area contributed by atoms with Crippen LogP contribution in [0, 0.1) is 18.8 Å². The van der Waals surface area contributed by atoms with Gasteiger partial charge in [-0.15, -0.1) is 0 Å². The van der Waals surface area contributed by atoms with Crippen molar-refractivity contribution in [3.8, 4) is 0 Å². The number of aromatic nitrogens is 1. The highest BCUT2D eigenvalue weighted by atomic mass is 15.2. The molecule has 0 aliphatic carbocycles. The van der Waals surface area contributed by atoms with Crippen molar-refractivity contribution < 1.29 is 0 Å². The van der Waals surface area contributed by atoms with Gasteiger partial charge in [0.05, 0.1) is 0 Å². The molecule has 0 radical (unpaired) electrons. The maximum atomic E-state index is 4.51. The molecule has 2 rings (SSSR count). The lowest BCUT2D eigenvalue weighted by molar-refractivity contribution is 0.377. The van der Waals surface area contributed by atoms with E-state index in [-0.39, 0.29) is 0 Å². The quantitative estimate of drug-likeness (QED) is 0.894. The number of rotatable bonds is 5. The first kappa shape index (κ1) is 16.3. The zero-order valence-electron chi connectivity index (χ0n) is 14.3. The fraction of sp³-hybridized carbons (Fsp3) is 0.722. The topological polar surface area (TPSA) is 28.2 Å². The summed E-state index contributed by atoms with van der Waals surface area (Å²) in [5.74, 6) is 1.53. The van der Waals surface area contributed by atoms with Gasteiger partial charge in [0.25, 0.3) is 0 Å². The summed E-state index contributed by atoms with van der Waals surface area (Å²) in [4.78, 5) is 7.09. The Labute approximate surface area is 130 Å². The van der Waals surface area contributed by atoms with E-state index in [0.29, 0.717) is 12.0 Å². The molecule has 3 heteroatoms. The van der Waals surface area contributed by atoms with Crippen molar-refractivity contribution in [3.63, 3.8) is 0 Å². The van der Waals surface area contributed by atoms with Crippen LogP contribution in [0.15, 0.2) is 12.3 Å². The van der Waals surface area contributed by atoms with Gasteiger partial charge in [0.2, 0.25) is 0 Å². The fourth-order valence-corrected chi connectivity index (χ4v) is 3.24. The van der Waals surface area contributed by atoms with Gasteiger partial charge in [-0.05, 0) is 51.1 Å². The molecule has 1 aromatic rings. The summed E-state index contributed by atoms with van der Waals surface area (Å²) in [6.45, 7) is 14.5. The molecule has 2 atom stereocenters. The lowest BCUT2D eigenvalue weighted by Gasteiger charge is -2.39. The average Bonchev–Trinajstić information content (AvgIpc) is 2.40. The highest BCUT2D eigenvalue weighted by molar-refractivity contribution is 5.54. The van der Waals surface area contributed by atoms with Crippen LogP contribution in [-0.2, 0) is 6.54 Å². The number of piperidine rings is 1. The monoisotopic (exact) mass is 289 g/mol. The molecule has 0 spiro atoms. The molecule has 0 amide bonds. The largest absolute Gasteiger partial charge is 0.368 e. The molecule has 1 fully saturated rings. The first-order valence-corrected chi connectivity index (χ1v) is 8.40. The molecule has 118 valence electrons. The minimum Gasteiger partial charge on any atom is -0.368 e. The van der Waals surface area contributed by atoms with E-state index in [1.54, 1.807) is 0 Å². The molecule has 0 bridgehead atoms. The van der Waals surface area contributed by atoms with Crippen LogP contribution in [-0.4, -0.2) is 24.1 Å². The Hall–Kier alpha value is -1.09. The van der Waals surface area contributed by atoms with E-state index in [1.807, 2.05) is 0 Å². The normalized spacial score (nSPS) is 22.9. The average molecular weight is 289 g/mol. The number of pyridine rings is 1. The van der Waals surface area contributed by atoms with Crippen molar-refractivity contribution in [3.05, 3.63) is 23.5 Å². The molecule has 2 heterocycles. The zero-order valence-corrected chi connectivity index (χ0v) is 14.3. The number of nitrogens with one attached hydrogen (secondary N) is 1. The van der Waals surface area contributed by atoms with Crippen molar-refractivity contribution in [1.29, 1.82) is 0 Å². The van der Waals surface area contributed by atoms with Gasteiger partial charge in [-0.25, -0.2) is 0 Å².